The van der Waals surface area contributed by atoms with Gasteiger partial charge in [-0.15, -0.1) is 11.3 Å². The Morgan fingerprint density at radius 3 is 2.61 bits per heavy atom. The largest absolute Gasteiger partial charge is 0.325 e. The second-order valence-electron chi connectivity index (χ2n) is 5.50. The molecule has 1 aromatic carbocycles. The molecule has 1 aliphatic heterocycles. The summed E-state index contributed by atoms with van der Waals surface area (Å²) >= 11 is 1.39. The Bertz CT molecular complexity index is 679. The van der Waals surface area contributed by atoms with Crippen LogP contribution in [-0.4, -0.2) is 24.4 Å². The van der Waals surface area contributed by atoms with E-state index in [0.29, 0.717) is 16.3 Å². The predicted molar refractivity (Wildman–Crippen MR) is 93.0 cm³/mol. The zero-order chi connectivity index (χ0) is 16.1. The molecule has 1 atom stereocenters. The van der Waals surface area contributed by atoms with Gasteiger partial charge in [0.2, 0.25) is 5.91 Å². The van der Waals surface area contributed by atoms with Crippen LogP contribution in [0.5, 0.6) is 0 Å². The number of carbonyl (C=O) groups is 2. The lowest BCUT2D eigenvalue weighted by Crippen LogP contribution is -2.43. The molecule has 2 heterocycles. The van der Waals surface area contributed by atoms with Gasteiger partial charge in [0.15, 0.2) is 0 Å². The van der Waals surface area contributed by atoms with Crippen molar-refractivity contribution in [1.82, 2.24) is 5.32 Å². The Kier molecular flexibility index (Phi) is 5.05. The number of piperidine rings is 1. The Morgan fingerprint density at radius 1 is 1.09 bits per heavy atom. The molecular weight excluding hydrogens is 310 g/mol. The van der Waals surface area contributed by atoms with Crippen molar-refractivity contribution >= 4 is 34.5 Å². The van der Waals surface area contributed by atoms with Crippen molar-refractivity contribution in [2.75, 3.05) is 17.2 Å². The third kappa shape index (κ3) is 4.18. The Labute approximate surface area is 139 Å². The van der Waals surface area contributed by atoms with E-state index in [1.807, 2.05) is 23.6 Å². The zero-order valence-corrected chi connectivity index (χ0v) is 13.5. The number of thiophene rings is 1. The van der Waals surface area contributed by atoms with Gasteiger partial charge in [0.25, 0.3) is 5.91 Å². The van der Waals surface area contributed by atoms with Crippen LogP contribution in [0.25, 0.3) is 0 Å². The normalized spacial score (nSPS) is 17.5. The first-order chi connectivity index (χ1) is 11.2. The number of hydrogen-bond acceptors (Lipinski definition) is 4. The van der Waals surface area contributed by atoms with Crippen LogP contribution in [0.3, 0.4) is 0 Å². The van der Waals surface area contributed by atoms with Crippen LogP contribution in [0, 0.1) is 0 Å². The van der Waals surface area contributed by atoms with Gasteiger partial charge < -0.3 is 16.0 Å². The van der Waals surface area contributed by atoms with Crippen LogP contribution in [0.2, 0.25) is 0 Å². The highest BCUT2D eigenvalue weighted by molar-refractivity contribution is 7.12. The summed E-state index contributed by atoms with van der Waals surface area (Å²) in [7, 11) is 0. The summed E-state index contributed by atoms with van der Waals surface area (Å²) in [5, 5.41) is 10.8. The molecule has 1 aliphatic rings. The molecule has 1 saturated heterocycles. The molecule has 0 saturated carbocycles. The number of amides is 2. The topological polar surface area (TPSA) is 70.2 Å². The van der Waals surface area contributed by atoms with Crippen molar-refractivity contribution in [3.8, 4) is 0 Å². The van der Waals surface area contributed by atoms with Crippen LogP contribution >= 0.6 is 11.3 Å². The molecular formula is C17H19N3O2S. The Balaban J connectivity index is 1.62. The van der Waals surface area contributed by atoms with E-state index >= 15 is 0 Å². The summed E-state index contributed by atoms with van der Waals surface area (Å²) in [5.41, 5.74) is 1.35. The zero-order valence-electron chi connectivity index (χ0n) is 12.7. The fraction of sp³-hybridized carbons (Fsp3) is 0.294. The first-order valence-electron chi connectivity index (χ1n) is 7.71. The maximum atomic E-state index is 12.2. The van der Waals surface area contributed by atoms with Crippen molar-refractivity contribution in [3.05, 3.63) is 46.7 Å². The van der Waals surface area contributed by atoms with Gasteiger partial charge in [-0.2, -0.15) is 0 Å². The van der Waals surface area contributed by atoms with Crippen LogP contribution in [0.4, 0.5) is 11.4 Å². The highest BCUT2D eigenvalue weighted by Crippen LogP contribution is 2.18. The molecule has 120 valence electrons. The lowest BCUT2D eigenvalue weighted by atomic mass is 10.0. The van der Waals surface area contributed by atoms with Gasteiger partial charge >= 0.3 is 0 Å². The second kappa shape index (κ2) is 7.39. The van der Waals surface area contributed by atoms with E-state index in [-0.39, 0.29) is 17.9 Å². The molecule has 0 radical (unpaired) electrons. The first-order valence-corrected chi connectivity index (χ1v) is 8.59. The highest BCUT2D eigenvalue weighted by atomic mass is 32.1. The number of carbonyl (C=O) groups excluding carboxylic acids is 2. The minimum absolute atomic E-state index is 0.0218. The maximum absolute atomic E-state index is 12.2. The van der Waals surface area contributed by atoms with Gasteiger partial charge in [-0.05, 0) is 49.0 Å². The average Bonchev–Trinajstić information content (AvgIpc) is 3.10. The summed E-state index contributed by atoms with van der Waals surface area (Å²) in [5.74, 6) is -0.163. The second-order valence-corrected chi connectivity index (χ2v) is 6.45. The summed E-state index contributed by atoms with van der Waals surface area (Å²) in [6, 6.07) is 10.7. The maximum Gasteiger partial charge on any atom is 0.265 e. The van der Waals surface area contributed by atoms with E-state index in [2.05, 4.69) is 16.0 Å². The SMILES string of the molecule is O=C(Nc1cccc(NC(=O)[C@H]2CCCCN2)c1)c1cccs1. The number of benzene rings is 1. The molecule has 6 heteroatoms. The molecule has 3 N–H and O–H groups in total. The van der Waals surface area contributed by atoms with Crippen LogP contribution in [0.1, 0.15) is 28.9 Å². The van der Waals surface area contributed by atoms with E-state index in [0.717, 1.165) is 25.8 Å². The van der Waals surface area contributed by atoms with Crippen LogP contribution in [0.15, 0.2) is 41.8 Å². The van der Waals surface area contributed by atoms with Gasteiger partial charge in [0.05, 0.1) is 10.9 Å². The number of rotatable bonds is 4. The monoisotopic (exact) mass is 329 g/mol. The molecule has 0 aliphatic carbocycles. The summed E-state index contributed by atoms with van der Waals surface area (Å²) in [6.07, 6.45) is 3.05. The molecule has 1 fully saturated rings. The fourth-order valence-corrected chi connectivity index (χ4v) is 3.20. The molecule has 2 amide bonds. The molecule has 0 bridgehead atoms. The van der Waals surface area contributed by atoms with Gasteiger partial charge in [-0.25, -0.2) is 0 Å². The molecule has 0 unspecified atom stereocenters. The van der Waals surface area contributed by atoms with Crippen LogP contribution in [-0.2, 0) is 4.79 Å². The van der Waals surface area contributed by atoms with E-state index in [1.54, 1.807) is 18.2 Å². The van der Waals surface area contributed by atoms with Crippen molar-refractivity contribution in [3.63, 3.8) is 0 Å². The van der Waals surface area contributed by atoms with Crippen molar-refractivity contribution in [1.29, 1.82) is 0 Å². The summed E-state index contributed by atoms with van der Waals surface area (Å²) in [6.45, 7) is 0.884. The molecule has 2 aromatic rings. The molecule has 23 heavy (non-hydrogen) atoms. The molecule has 1 aromatic heterocycles. The van der Waals surface area contributed by atoms with Crippen molar-refractivity contribution < 1.29 is 9.59 Å². The quantitative estimate of drug-likeness (QED) is 0.807. The van der Waals surface area contributed by atoms with E-state index in [4.69, 9.17) is 0 Å². The van der Waals surface area contributed by atoms with Gasteiger partial charge in [-0.3, -0.25) is 9.59 Å². The van der Waals surface area contributed by atoms with E-state index in [1.165, 1.54) is 11.3 Å². The average molecular weight is 329 g/mol. The summed E-state index contributed by atoms with van der Waals surface area (Å²) in [4.78, 5) is 24.9. The molecule has 0 spiro atoms. The number of nitrogens with one attached hydrogen (secondary N) is 3. The molecule has 5 nitrogen and oxygen atoms in total. The van der Waals surface area contributed by atoms with Crippen molar-refractivity contribution in [2.24, 2.45) is 0 Å². The smallest absolute Gasteiger partial charge is 0.265 e. The highest BCUT2D eigenvalue weighted by Gasteiger charge is 2.20. The minimum atomic E-state index is -0.141. The number of anilines is 2. The molecule has 3 rings (SSSR count). The van der Waals surface area contributed by atoms with E-state index < -0.39 is 0 Å². The van der Waals surface area contributed by atoms with Gasteiger partial charge in [0.1, 0.15) is 0 Å². The number of hydrogen-bond donors (Lipinski definition) is 3. The summed E-state index contributed by atoms with van der Waals surface area (Å²) < 4.78 is 0. The Hall–Kier alpha value is -2.18. The third-order valence-electron chi connectivity index (χ3n) is 3.76. The minimum Gasteiger partial charge on any atom is -0.325 e. The van der Waals surface area contributed by atoms with Gasteiger partial charge in [0, 0.05) is 11.4 Å². The lowest BCUT2D eigenvalue weighted by molar-refractivity contribution is -0.118. The van der Waals surface area contributed by atoms with Crippen molar-refractivity contribution in [2.45, 2.75) is 25.3 Å². The fourth-order valence-electron chi connectivity index (χ4n) is 2.58. The standard InChI is InChI=1S/C17H19N3O2S/c21-16(14-7-1-2-9-18-14)19-12-5-3-6-13(11-12)20-17(22)15-8-4-10-23-15/h3-6,8,10-11,14,18H,1-2,7,9H2,(H,19,21)(H,20,22)/t14-/m1/s1. The lowest BCUT2D eigenvalue weighted by Gasteiger charge is -2.22. The predicted octanol–water partition coefficient (Wildman–Crippen LogP) is 3.08. The Morgan fingerprint density at radius 2 is 1.91 bits per heavy atom. The van der Waals surface area contributed by atoms with E-state index in [9.17, 15) is 9.59 Å². The van der Waals surface area contributed by atoms with Crippen LogP contribution < -0.4 is 16.0 Å². The third-order valence-corrected chi connectivity index (χ3v) is 4.63. The van der Waals surface area contributed by atoms with Gasteiger partial charge in [-0.1, -0.05) is 18.6 Å². The first kappa shape index (κ1) is 15.7.